The predicted octanol–water partition coefficient (Wildman–Crippen LogP) is 1.42. The van der Waals surface area contributed by atoms with Crippen molar-refractivity contribution in [3.63, 3.8) is 0 Å². The number of aliphatic hydroxyl groups excluding tert-OH is 1. The van der Waals surface area contributed by atoms with Crippen molar-refractivity contribution < 1.29 is 18.8 Å². The minimum absolute atomic E-state index is 0.223. The zero-order chi connectivity index (χ0) is 10.7. The molecule has 0 spiro atoms. The molecule has 0 aliphatic carbocycles. The number of aromatic nitrogens is 1. The van der Waals surface area contributed by atoms with Crippen molar-refractivity contribution >= 4 is 5.69 Å². The highest BCUT2D eigenvalue weighted by Crippen LogP contribution is 2.24. The van der Waals surface area contributed by atoms with Crippen molar-refractivity contribution in [3.05, 3.63) is 33.6 Å². The second-order valence-corrected chi connectivity index (χ2v) is 2.45. The van der Waals surface area contributed by atoms with Crippen LogP contribution in [0.3, 0.4) is 0 Å². The van der Waals surface area contributed by atoms with E-state index in [0.717, 1.165) is 6.20 Å². The van der Waals surface area contributed by atoms with Gasteiger partial charge < -0.3 is 5.11 Å². The zero-order valence-corrected chi connectivity index (χ0v) is 6.85. The molecule has 0 amide bonds. The lowest BCUT2D eigenvalue weighted by Gasteiger charge is -2.01. The van der Waals surface area contributed by atoms with Gasteiger partial charge >= 0.3 is 0 Å². The van der Waals surface area contributed by atoms with Crippen molar-refractivity contribution in [1.82, 2.24) is 4.98 Å². The van der Waals surface area contributed by atoms with E-state index >= 15 is 0 Å². The molecule has 0 aromatic carbocycles. The average Bonchev–Trinajstić information content (AvgIpc) is 2.16. The number of halogens is 2. The highest BCUT2D eigenvalue weighted by molar-refractivity contribution is 5.38. The highest BCUT2D eigenvalue weighted by atomic mass is 19.3. The summed E-state index contributed by atoms with van der Waals surface area (Å²) in [4.78, 5) is 12.9. The van der Waals surface area contributed by atoms with Crippen LogP contribution in [0.15, 0.2) is 12.3 Å². The summed E-state index contributed by atoms with van der Waals surface area (Å²) < 4.78 is 24.2. The maximum Gasteiger partial charge on any atom is 0.293 e. The summed E-state index contributed by atoms with van der Waals surface area (Å²) in [5.74, 6) is 0. The van der Waals surface area contributed by atoms with Crippen molar-refractivity contribution in [2.45, 2.75) is 13.0 Å². The molecule has 0 saturated heterocycles. The molecule has 1 N–H and O–H groups in total. The monoisotopic (exact) mass is 204 g/mol. The van der Waals surface area contributed by atoms with Crippen LogP contribution in [0.4, 0.5) is 14.5 Å². The van der Waals surface area contributed by atoms with Gasteiger partial charge in [0.15, 0.2) is 0 Å². The van der Waals surface area contributed by atoms with Gasteiger partial charge in [0.25, 0.3) is 12.1 Å². The van der Waals surface area contributed by atoms with Gasteiger partial charge in [-0.05, 0) is 0 Å². The number of aliphatic hydroxyl groups is 1. The van der Waals surface area contributed by atoms with Gasteiger partial charge in [0.2, 0.25) is 0 Å². The summed E-state index contributed by atoms with van der Waals surface area (Å²) in [6, 6.07) is 0.712. The van der Waals surface area contributed by atoms with E-state index in [1.807, 2.05) is 0 Å². The minimum Gasteiger partial charge on any atom is -0.390 e. The van der Waals surface area contributed by atoms with Crippen LogP contribution in [-0.4, -0.2) is 15.0 Å². The Kier molecular flexibility index (Phi) is 3.03. The molecule has 0 unspecified atom stereocenters. The quantitative estimate of drug-likeness (QED) is 0.596. The summed E-state index contributed by atoms with van der Waals surface area (Å²) in [5, 5.41) is 19.0. The van der Waals surface area contributed by atoms with E-state index in [1.165, 1.54) is 0 Å². The second kappa shape index (κ2) is 4.05. The van der Waals surface area contributed by atoms with E-state index in [-0.39, 0.29) is 5.69 Å². The van der Waals surface area contributed by atoms with Crippen LogP contribution in [0.5, 0.6) is 0 Å². The van der Waals surface area contributed by atoms with Gasteiger partial charge in [0.05, 0.1) is 11.5 Å². The maximum absolute atomic E-state index is 12.1. The predicted molar refractivity (Wildman–Crippen MR) is 41.8 cm³/mol. The Balaban J connectivity index is 3.21. The first kappa shape index (κ1) is 10.5. The number of nitro groups is 1. The molecule has 0 radical (unpaired) electrons. The Morgan fingerprint density at radius 1 is 1.64 bits per heavy atom. The molecule has 76 valence electrons. The molecule has 0 fully saturated rings. The van der Waals surface area contributed by atoms with Gasteiger partial charge in [-0.1, -0.05) is 0 Å². The largest absolute Gasteiger partial charge is 0.390 e. The van der Waals surface area contributed by atoms with Crippen molar-refractivity contribution in [3.8, 4) is 0 Å². The van der Waals surface area contributed by atoms with E-state index in [4.69, 9.17) is 5.11 Å². The first-order valence-corrected chi connectivity index (χ1v) is 3.58. The third-order valence-electron chi connectivity index (χ3n) is 1.57. The first-order valence-electron chi connectivity index (χ1n) is 3.58. The molecule has 14 heavy (non-hydrogen) atoms. The smallest absolute Gasteiger partial charge is 0.293 e. The van der Waals surface area contributed by atoms with E-state index < -0.39 is 29.2 Å². The van der Waals surface area contributed by atoms with Crippen LogP contribution in [0.2, 0.25) is 0 Å². The van der Waals surface area contributed by atoms with E-state index in [0.29, 0.717) is 6.07 Å². The Hall–Kier alpha value is -1.63. The minimum atomic E-state index is -2.81. The molecule has 1 aromatic heterocycles. The van der Waals surface area contributed by atoms with Crippen molar-refractivity contribution in [1.29, 1.82) is 0 Å². The van der Waals surface area contributed by atoms with Crippen LogP contribution >= 0.6 is 0 Å². The van der Waals surface area contributed by atoms with Crippen LogP contribution in [0, 0.1) is 10.1 Å². The SMILES string of the molecule is O=[N+]([O-])c1cc(C(F)F)cnc1CO. The molecule has 1 aromatic rings. The van der Waals surface area contributed by atoms with Gasteiger partial charge in [-0.2, -0.15) is 0 Å². The summed E-state index contributed by atoms with van der Waals surface area (Å²) >= 11 is 0. The lowest BCUT2D eigenvalue weighted by atomic mass is 10.2. The third kappa shape index (κ3) is 1.99. The molecule has 0 atom stereocenters. The summed E-state index contributed by atoms with van der Waals surface area (Å²) in [6.45, 7) is -0.653. The number of rotatable bonds is 3. The van der Waals surface area contributed by atoms with Crippen LogP contribution in [0.1, 0.15) is 17.7 Å². The van der Waals surface area contributed by atoms with E-state index in [2.05, 4.69) is 4.98 Å². The van der Waals surface area contributed by atoms with Crippen LogP contribution < -0.4 is 0 Å². The van der Waals surface area contributed by atoms with Gasteiger partial charge in [-0.3, -0.25) is 15.1 Å². The molecule has 1 heterocycles. The lowest BCUT2D eigenvalue weighted by molar-refractivity contribution is -0.386. The molecule has 5 nitrogen and oxygen atoms in total. The Labute approximate surface area is 77.2 Å². The molecular formula is C7H6F2N2O3. The van der Waals surface area contributed by atoms with E-state index in [1.54, 1.807) is 0 Å². The second-order valence-electron chi connectivity index (χ2n) is 2.45. The molecule has 1 rings (SSSR count). The summed E-state index contributed by atoms with van der Waals surface area (Å²) in [5.41, 5.74) is -1.35. The third-order valence-corrected chi connectivity index (χ3v) is 1.57. The number of nitrogens with zero attached hydrogens (tertiary/aromatic N) is 2. The molecular weight excluding hydrogens is 198 g/mol. The topological polar surface area (TPSA) is 76.3 Å². The highest BCUT2D eigenvalue weighted by Gasteiger charge is 2.18. The van der Waals surface area contributed by atoms with Crippen LogP contribution in [-0.2, 0) is 6.61 Å². The van der Waals surface area contributed by atoms with Gasteiger partial charge in [-0.15, -0.1) is 0 Å². The molecule has 0 bridgehead atoms. The van der Waals surface area contributed by atoms with Gasteiger partial charge in [0.1, 0.15) is 5.69 Å². The zero-order valence-electron chi connectivity index (χ0n) is 6.85. The van der Waals surface area contributed by atoms with E-state index in [9.17, 15) is 18.9 Å². The fourth-order valence-corrected chi connectivity index (χ4v) is 0.896. The molecule has 0 aliphatic heterocycles. The van der Waals surface area contributed by atoms with Crippen molar-refractivity contribution in [2.75, 3.05) is 0 Å². The Morgan fingerprint density at radius 3 is 2.71 bits per heavy atom. The number of hydrogen-bond acceptors (Lipinski definition) is 4. The average molecular weight is 204 g/mol. The number of hydrogen-bond donors (Lipinski definition) is 1. The maximum atomic E-state index is 12.1. The fourth-order valence-electron chi connectivity index (χ4n) is 0.896. The molecule has 7 heteroatoms. The molecule has 0 aliphatic rings. The Morgan fingerprint density at radius 2 is 2.29 bits per heavy atom. The first-order chi connectivity index (χ1) is 6.56. The Bertz CT molecular complexity index is 357. The van der Waals surface area contributed by atoms with Gasteiger partial charge in [0, 0.05) is 17.8 Å². The number of pyridine rings is 1. The van der Waals surface area contributed by atoms with Crippen molar-refractivity contribution in [2.24, 2.45) is 0 Å². The van der Waals surface area contributed by atoms with Crippen LogP contribution in [0.25, 0.3) is 0 Å². The van der Waals surface area contributed by atoms with Gasteiger partial charge in [-0.25, -0.2) is 8.78 Å². The normalized spacial score (nSPS) is 10.6. The fraction of sp³-hybridized carbons (Fsp3) is 0.286. The lowest BCUT2D eigenvalue weighted by Crippen LogP contribution is -2.00. The molecule has 0 saturated carbocycles. The summed E-state index contributed by atoms with van der Waals surface area (Å²) in [6.07, 6.45) is -2.00. The standard InChI is InChI=1S/C7H6F2N2O3/c8-7(9)4-1-6(11(13)14)5(3-12)10-2-4/h1-2,7,12H,3H2. The number of alkyl halides is 2. The summed E-state index contributed by atoms with van der Waals surface area (Å²) in [7, 11) is 0.